The number of carboxylic acid groups (broad SMARTS) is 1. The van der Waals surface area contributed by atoms with E-state index in [9.17, 15) is 14.7 Å². The van der Waals surface area contributed by atoms with E-state index in [0.29, 0.717) is 17.3 Å². The van der Waals surface area contributed by atoms with Gasteiger partial charge in [-0.15, -0.1) is 0 Å². The molecule has 6 nitrogen and oxygen atoms in total. The molecule has 1 atom stereocenters. The van der Waals surface area contributed by atoms with Crippen molar-refractivity contribution in [3.05, 3.63) is 29.3 Å². The highest BCUT2D eigenvalue weighted by molar-refractivity contribution is 6.30. The Labute approximate surface area is 141 Å². The first-order chi connectivity index (χ1) is 11.0. The van der Waals surface area contributed by atoms with Crippen molar-refractivity contribution < 1.29 is 14.7 Å². The van der Waals surface area contributed by atoms with Gasteiger partial charge >= 0.3 is 5.97 Å². The van der Waals surface area contributed by atoms with Crippen LogP contribution in [0.2, 0.25) is 5.02 Å². The number of anilines is 1. The van der Waals surface area contributed by atoms with Crippen molar-refractivity contribution in [3.63, 3.8) is 0 Å². The molecule has 1 aromatic rings. The van der Waals surface area contributed by atoms with E-state index in [2.05, 4.69) is 29.4 Å². The normalized spacial score (nSPS) is 12.2. The van der Waals surface area contributed by atoms with Crippen molar-refractivity contribution >= 4 is 29.2 Å². The quantitative estimate of drug-likeness (QED) is 0.607. The van der Waals surface area contributed by atoms with Crippen LogP contribution in [0, 0.1) is 0 Å². The van der Waals surface area contributed by atoms with Gasteiger partial charge in [0.15, 0.2) is 0 Å². The predicted octanol–water partition coefficient (Wildman–Crippen LogP) is 2.05. The highest BCUT2D eigenvalue weighted by Crippen LogP contribution is 2.13. The number of carboxylic acids is 1. The van der Waals surface area contributed by atoms with Crippen molar-refractivity contribution in [3.8, 4) is 0 Å². The van der Waals surface area contributed by atoms with Gasteiger partial charge in [-0.25, -0.2) is 0 Å². The molecule has 0 aromatic heterocycles. The van der Waals surface area contributed by atoms with E-state index in [1.165, 1.54) is 0 Å². The predicted molar refractivity (Wildman–Crippen MR) is 91.9 cm³/mol. The van der Waals surface area contributed by atoms with Gasteiger partial charge in [-0.1, -0.05) is 25.4 Å². The van der Waals surface area contributed by atoms with Gasteiger partial charge in [0.2, 0.25) is 5.91 Å². The standard InChI is InChI=1S/C16H24ClN3O3/c1-3-20(4-2)10-9-18-14(16(22)23)11-15(21)19-13-7-5-12(17)6-8-13/h5-8,14,18H,3-4,9-11H2,1-2H3,(H,19,21)(H,22,23). The highest BCUT2D eigenvalue weighted by Gasteiger charge is 2.20. The lowest BCUT2D eigenvalue weighted by Gasteiger charge is -2.20. The molecule has 0 saturated carbocycles. The Morgan fingerprint density at radius 3 is 2.35 bits per heavy atom. The molecule has 0 aliphatic carbocycles. The molecule has 1 unspecified atom stereocenters. The van der Waals surface area contributed by atoms with Crippen molar-refractivity contribution in [2.75, 3.05) is 31.5 Å². The largest absolute Gasteiger partial charge is 0.480 e. The summed E-state index contributed by atoms with van der Waals surface area (Å²) < 4.78 is 0. The molecule has 0 saturated heterocycles. The molecule has 1 aromatic carbocycles. The molecule has 0 aliphatic heterocycles. The fourth-order valence-electron chi connectivity index (χ4n) is 2.11. The number of carbonyl (C=O) groups is 2. The Morgan fingerprint density at radius 2 is 1.83 bits per heavy atom. The topological polar surface area (TPSA) is 81.7 Å². The Bertz CT molecular complexity index is 504. The molecule has 0 heterocycles. The summed E-state index contributed by atoms with van der Waals surface area (Å²) in [5, 5.41) is 15.4. The first-order valence-corrected chi connectivity index (χ1v) is 8.08. The van der Waals surface area contributed by atoms with Crippen molar-refractivity contribution in [2.45, 2.75) is 26.3 Å². The van der Waals surface area contributed by atoms with Gasteiger partial charge < -0.3 is 20.6 Å². The number of nitrogens with one attached hydrogen (secondary N) is 2. The summed E-state index contributed by atoms with van der Waals surface area (Å²) in [6, 6.07) is 5.76. The molecule has 0 bridgehead atoms. The van der Waals surface area contributed by atoms with Gasteiger partial charge in [0.05, 0.1) is 6.42 Å². The lowest BCUT2D eigenvalue weighted by molar-refractivity contribution is -0.141. The maximum absolute atomic E-state index is 12.0. The van der Waals surface area contributed by atoms with Crippen LogP contribution < -0.4 is 10.6 Å². The average molecular weight is 342 g/mol. The van der Waals surface area contributed by atoms with Gasteiger partial charge in [-0.2, -0.15) is 0 Å². The number of amides is 1. The van der Waals surface area contributed by atoms with Crippen LogP contribution in [0.4, 0.5) is 5.69 Å². The van der Waals surface area contributed by atoms with Gasteiger partial charge in [0.25, 0.3) is 0 Å². The number of likely N-dealkylation sites (N-methyl/N-ethyl adjacent to an activating group) is 1. The summed E-state index contributed by atoms with van der Waals surface area (Å²) in [7, 11) is 0. The number of carbonyl (C=O) groups excluding carboxylic acids is 1. The molecule has 0 aliphatic rings. The van der Waals surface area contributed by atoms with Gasteiger partial charge in [-0.3, -0.25) is 9.59 Å². The molecule has 23 heavy (non-hydrogen) atoms. The second kappa shape index (κ2) is 10.2. The van der Waals surface area contributed by atoms with Gasteiger partial charge in [0.1, 0.15) is 6.04 Å². The second-order valence-electron chi connectivity index (χ2n) is 5.13. The van der Waals surface area contributed by atoms with Crippen LogP contribution in [-0.2, 0) is 9.59 Å². The molecular formula is C16H24ClN3O3. The van der Waals surface area contributed by atoms with E-state index in [-0.39, 0.29) is 12.3 Å². The summed E-state index contributed by atoms with van der Waals surface area (Å²) in [5.41, 5.74) is 0.590. The maximum atomic E-state index is 12.0. The second-order valence-corrected chi connectivity index (χ2v) is 5.57. The molecule has 3 N–H and O–H groups in total. The number of rotatable bonds is 10. The number of hydrogen-bond acceptors (Lipinski definition) is 4. The third kappa shape index (κ3) is 7.45. The van der Waals surface area contributed by atoms with E-state index in [1.54, 1.807) is 24.3 Å². The fraction of sp³-hybridized carbons (Fsp3) is 0.500. The van der Waals surface area contributed by atoms with E-state index >= 15 is 0 Å². The molecule has 0 fully saturated rings. The highest BCUT2D eigenvalue weighted by atomic mass is 35.5. The van der Waals surface area contributed by atoms with Crippen LogP contribution in [0.25, 0.3) is 0 Å². The number of aliphatic carboxylic acids is 1. The van der Waals surface area contributed by atoms with Crippen LogP contribution in [0.3, 0.4) is 0 Å². The lowest BCUT2D eigenvalue weighted by atomic mass is 10.2. The zero-order valence-electron chi connectivity index (χ0n) is 13.5. The number of benzene rings is 1. The van der Waals surface area contributed by atoms with Gasteiger partial charge in [0, 0.05) is 23.8 Å². The Kier molecular flexibility index (Phi) is 8.61. The van der Waals surface area contributed by atoms with Crippen LogP contribution in [0.5, 0.6) is 0 Å². The SMILES string of the molecule is CCN(CC)CCNC(CC(=O)Nc1ccc(Cl)cc1)C(=O)O. The van der Waals surface area contributed by atoms with Crippen molar-refractivity contribution in [1.82, 2.24) is 10.2 Å². The summed E-state index contributed by atoms with van der Waals surface area (Å²) in [6.45, 7) is 7.19. The zero-order valence-corrected chi connectivity index (χ0v) is 14.3. The summed E-state index contributed by atoms with van der Waals surface area (Å²) in [6.07, 6.45) is -0.129. The average Bonchev–Trinajstić information content (AvgIpc) is 2.52. The van der Waals surface area contributed by atoms with Gasteiger partial charge in [-0.05, 0) is 37.4 Å². The molecule has 128 valence electrons. The zero-order chi connectivity index (χ0) is 17.2. The van der Waals surface area contributed by atoms with E-state index in [0.717, 1.165) is 19.6 Å². The Morgan fingerprint density at radius 1 is 1.22 bits per heavy atom. The molecule has 0 spiro atoms. The Hall–Kier alpha value is -1.63. The third-order valence-electron chi connectivity index (χ3n) is 3.53. The fourth-order valence-corrected chi connectivity index (χ4v) is 2.24. The third-order valence-corrected chi connectivity index (χ3v) is 3.78. The van der Waals surface area contributed by atoms with E-state index in [1.807, 2.05) is 0 Å². The number of halogens is 1. The number of nitrogens with zero attached hydrogens (tertiary/aromatic N) is 1. The summed E-state index contributed by atoms with van der Waals surface area (Å²) in [5.74, 6) is -1.38. The minimum absolute atomic E-state index is 0.129. The van der Waals surface area contributed by atoms with Crippen LogP contribution >= 0.6 is 11.6 Å². The monoisotopic (exact) mass is 341 g/mol. The summed E-state index contributed by atoms with van der Waals surface area (Å²) >= 11 is 5.78. The maximum Gasteiger partial charge on any atom is 0.321 e. The van der Waals surface area contributed by atoms with Crippen LogP contribution in [0.1, 0.15) is 20.3 Å². The molecule has 7 heteroatoms. The number of hydrogen-bond donors (Lipinski definition) is 3. The minimum atomic E-state index is -1.03. The minimum Gasteiger partial charge on any atom is -0.480 e. The molecule has 0 radical (unpaired) electrons. The summed E-state index contributed by atoms with van der Waals surface area (Å²) in [4.78, 5) is 25.4. The van der Waals surface area contributed by atoms with Crippen LogP contribution in [0.15, 0.2) is 24.3 Å². The van der Waals surface area contributed by atoms with Crippen molar-refractivity contribution in [2.24, 2.45) is 0 Å². The van der Waals surface area contributed by atoms with E-state index < -0.39 is 12.0 Å². The lowest BCUT2D eigenvalue weighted by Crippen LogP contribution is -2.43. The Balaban J connectivity index is 2.46. The van der Waals surface area contributed by atoms with Crippen LogP contribution in [-0.4, -0.2) is 54.1 Å². The molecular weight excluding hydrogens is 318 g/mol. The smallest absolute Gasteiger partial charge is 0.321 e. The molecule has 1 amide bonds. The van der Waals surface area contributed by atoms with Crippen molar-refractivity contribution in [1.29, 1.82) is 0 Å². The first kappa shape index (κ1) is 19.4. The first-order valence-electron chi connectivity index (χ1n) is 7.70. The van der Waals surface area contributed by atoms with E-state index in [4.69, 9.17) is 11.6 Å². The molecule has 1 rings (SSSR count).